The van der Waals surface area contributed by atoms with Crippen LogP contribution in [0.4, 0.5) is 0 Å². The third-order valence-corrected chi connectivity index (χ3v) is 3.95. The van der Waals surface area contributed by atoms with Crippen molar-refractivity contribution in [2.45, 2.75) is 52.9 Å². The topological polar surface area (TPSA) is 21.3 Å². The lowest BCUT2D eigenvalue weighted by Gasteiger charge is -2.19. The van der Waals surface area contributed by atoms with Gasteiger partial charge in [0.05, 0.1) is 7.11 Å². The molecule has 2 heteroatoms. The molecule has 21 heavy (non-hydrogen) atoms. The molecule has 1 aromatic rings. The Labute approximate surface area is 131 Å². The maximum absolute atomic E-state index is 5.49. The molecule has 0 aliphatic rings. The summed E-state index contributed by atoms with van der Waals surface area (Å²) < 4.78 is 5.49. The molecule has 0 fully saturated rings. The van der Waals surface area contributed by atoms with E-state index in [1.165, 1.54) is 31.2 Å². The molecule has 0 aliphatic carbocycles. The van der Waals surface area contributed by atoms with Crippen molar-refractivity contribution in [2.24, 2.45) is 11.8 Å². The Morgan fingerprint density at radius 2 is 1.90 bits per heavy atom. The van der Waals surface area contributed by atoms with Gasteiger partial charge >= 0.3 is 0 Å². The summed E-state index contributed by atoms with van der Waals surface area (Å²) >= 11 is 0. The van der Waals surface area contributed by atoms with Gasteiger partial charge in [-0.25, -0.2) is 0 Å². The van der Waals surface area contributed by atoms with Gasteiger partial charge in [0.25, 0.3) is 0 Å². The molecule has 0 aromatic heterocycles. The van der Waals surface area contributed by atoms with E-state index in [0.717, 1.165) is 31.2 Å². The van der Waals surface area contributed by atoms with E-state index in [-0.39, 0.29) is 0 Å². The molecule has 0 saturated carbocycles. The van der Waals surface area contributed by atoms with Crippen LogP contribution in [-0.4, -0.2) is 20.2 Å². The van der Waals surface area contributed by atoms with Crippen LogP contribution in [0.1, 0.15) is 52.0 Å². The molecule has 0 amide bonds. The van der Waals surface area contributed by atoms with Crippen LogP contribution in [0.3, 0.4) is 0 Å². The Morgan fingerprint density at radius 1 is 1.14 bits per heavy atom. The molecule has 1 rings (SSSR count). The van der Waals surface area contributed by atoms with Crippen LogP contribution in [0.15, 0.2) is 24.3 Å². The minimum Gasteiger partial charge on any atom is -0.496 e. The van der Waals surface area contributed by atoms with Crippen molar-refractivity contribution >= 4 is 0 Å². The number of benzene rings is 1. The van der Waals surface area contributed by atoms with E-state index in [0.29, 0.717) is 5.92 Å². The average Bonchev–Trinajstić information content (AvgIpc) is 2.47. The molecule has 120 valence electrons. The Hall–Kier alpha value is -1.02. The monoisotopic (exact) mass is 291 g/mol. The second-order valence-corrected chi connectivity index (χ2v) is 6.41. The number of methoxy groups -OCH3 is 1. The highest BCUT2D eigenvalue weighted by Gasteiger charge is 2.12. The Bertz CT molecular complexity index is 376. The largest absolute Gasteiger partial charge is 0.496 e. The third kappa shape index (κ3) is 7.52. The second kappa shape index (κ2) is 10.7. The van der Waals surface area contributed by atoms with Gasteiger partial charge in [-0.05, 0) is 55.8 Å². The Morgan fingerprint density at radius 3 is 2.57 bits per heavy atom. The van der Waals surface area contributed by atoms with Crippen molar-refractivity contribution in [1.29, 1.82) is 0 Å². The first-order chi connectivity index (χ1) is 10.2. The molecule has 2 nitrogen and oxygen atoms in total. The first-order valence-corrected chi connectivity index (χ1v) is 8.50. The van der Waals surface area contributed by atoms with Crippen molar-refractivity contribution < 1.29 is 4.74 Å². The molecule has 1 atom stereocenters. The molecule has 0 saturated heterocycles. The molecule has 1 unspecified atom stereocenters. The normalized spacial score (nSPS) is 12.6. The minimum atomic E-state index is 0.701. The number of hydrogen-bond donors (Lipinski definition) is 1. The average molecular weight is 291 g/mol. The SMILES string of the molecule is CCCNCC(CCCC(C)C)Cc1ccccc1OC. The minimum absolute atomic E-state index is 0.701. The van der Waals surface area contributed by atoms with E-state index >= 15 is 0 Å². The van der Waals surface area contributed by atoms with Crippen LogP contribution < -0.4 is 10.1 Å². The number of para-hydroxylation sites is 1. The van der Waals surface area contributed by atoms with Gasteiger partial charge in [0.15, 0.2) is 0 Å². The standard InChI is InChI=1S/C19H33NO/c1-5-13-20-15-17(10-8-9-16(2)3)14-18-11-6-7-12-19(18)21-4/h6-7,11-12,16-17,20H,5,8-10,13-15H2,1-4H3. The Balaban J connectivity index is 2.57. The summed E-state index contributed by atoms with van der Waals surface area (Å²) in [6, 6.07) is 8.43. The van der Waals surface area contributed by atoms with Crippen LogP contribution in [0.2, 0.25) is 0 Å². The molecule has 0 aliphatic heterocycles. The summed E-state index contributed by atoms with van der Waals surface area (Å²) in [5.74, 6) is 2.54. The number of rotatable bonds is 11. The van der Waals surface area contributed by atoms with E-state index in [9.17, 15) is 0 Å². The van der Waals surface area contributed by atoms with Crippen molar-refractivity contribution in [1.82, 2.24) is 5.32 Å². The predicted octanol–water partition coefficient (Wildman–Crippen LogP) is 4.68. The van der Waals surface area contributed by atoms with Crippen LogP contribution >= 0.6 is 0 Å². The number of hydrogen-bond acceptors (Lipinski definition) is 2. The highest BCUT2D eigenvalue weighted by atomic mass is 16.5. The third-order valence-electron chi connectivity index (χ3n) is 3.95. The quantitative estimate of drug-likeness (QED) is 0.598. The lowest BCUT2D eigenvalue weighted by Crippen LogP contribution is -2.25. The molecule has 1 N–H and O–H groups in total. The van der Waals surface area contributed by atoms with E-state index in [4.69, 9.17) is 4.74 Å². The summed E-state index contributed by atoms with van der Waals surface area (Å²) in [5, 5.41) is 3.59. The number of nitrogens with one attached hydrogen (secondary N) is 1. The summed E-state index contributed by atoms with van der Waals surface area (Å²) in [6.07, 6.45) is 6.26. The zero-order valence-corrected chi connectivity index (χ0v) is 14.3. The van der Waals surface area contributed by atoms with Gasteiger partial charge in [0, 0.05) is 0 Å². The maximum Gasteiger partial charge on any atom is 0.122 e. The molecular weight excluding hydrogens is 258 g/mol. The van der Waals surface area contributed by atoms with Crippen molar-refractivity contribution in [3.63, 3.8) is 0 Å². The molecule has 0 radical (unpaired) electrons. The zero-order chi connectivity index (χ0) is 15.5. The predicted molar refractivity (Wildman–Crippen MR) is 92.0 cm³/mol. The molecule has 0 heterocycles. The van der Waals surface area contributed by atoms with E-state index < -0.39 is 0 Å². The van der Waals surface area contributed by atoms with Crippen molar-refractivity contribution in [3.05, 3.63) is 29.8 Å². The summed E-state index contributed by atoms with van der Waals surface area (Å²) in [4.78, 5) is 0. The summed E-state index contributed by atoms with van der Waals surface area (Å²) in [5.41, 5.74) is 1.34. The molecule has 0 bridgehead atoms. The zero-order valence-electron chi connectivity index (χ0n) is 14.3. The van der Waals surface area contributed by atoms with Gasteiger partial charge in [-0.2, -0.15) is 0 Å². The first kappa shape index (κ1) is 18.0. The lowest BCUT2D eigenvalue weighted by atomic mass is 9.92. The van der Waals surface area contributed by atoms with Crippen molar-refractivity contribution in [2.75, 3.05) is 20.2 Å². The van der Waals surface area contributed by atoms with Gasteiger partial charge in [0.2, 0.25) is 0 Å². The highest BCUT2D eigenvalue weighted by Crippen LogP contribution is 2.23. The van der Waals surface area contributed by atoms with Gasteiger partial charge in [-0.3, -0.25) is 0 Å². The van der Waals surface area contributed by atoms with Gasteiger partial charge in [-0.1, -0.05) is 51.8 Å². The van der Waals surface area contributed by atoms with Crippen LogP contribution in [0, 0.1) is 11.8 Å². The highest BCUT2D eigenvalue weighted by molar-refractivity contribution is 5.33. The van der Waals surface area contributed by atoms with E-state index in [1.54, 1.807) is 7.11 Å². The second-order valence-electron chi connectivity index (χ2n) is 6.41. The van der Waals surface area contributed by atoms with Crippen molar-refractivity contribution in [3.8, 4) is 5.75 Å². The van der Waals surface area contributed by atoms with Gasteiger partial charge in [0.1, 0.15) is 5.75 Å². The molecule has 0 spiro atoms. The fraction of sp³-hybridized carbons (Fsp3) is 0.684. The molecule has 1 aromatic carbocycles. The smallest absolute Gasteiger partial charge is 0.122 e. The lowest BCUT2D eigenvalue weighted by molar-refractivity contribution is 0.385. The first-order valence-electron chi connectivity index (χ1n) is 8.50. The van der Waals surface area contributed by atoms with Gasteiger partial charge < -0.3 is 10.1 Å². The fourth-order valence-corrected chi connectivity index (χ4v) is 2.76. The molecular formula is C19H33NO. The summed E-state index contributed by atoms with van der Waals surface area (Å²) in [6.45, 7) is 9.08. The van der Waals surface area contributed by atoms with Crippen LogP contribution in [0.25, 0.3) is 0 Å². The fourth-order valence-electron chi connectivity index (χ4n) is 2.76. The van der Waals surface area contributed by atoms with Crippen LogP contribution in [-0.2, 0) is 6.42 Å². The van der Waals surface area contributed by atoms with Crippen LogP contribution in [0.5, 0.6) is 5.75 Å². The maximum atomic E-state index is 5.49. The Kier molecular flexibility index (Phi) is 9.16. The van der Waals surface area contributed by atoms with Gasteiger partial charge in [-0.15, -0.1) is 0 Å². The number of ether oxygens (including phenoxy) is 1. The van der Waals surface area contributed by atoms with E-state index in [2.05, 4.69) is 44.3 Å². The van der Waals surface area contributed by atoms with E-state index in [1.807, 2.05) is 6.07 Å². The summed E-state index contributed by atoms with van der Waals surface area (Å²) in [7, 11) is 1.77.